The van der Waals surface area contributed by atoms with Crippen molar-refractivity contribution in [2.75, 3.05) is 11.5 Å². The van der Waals surface area contributed by atoms with Gasteiger partial charge in [0.1, 0.15) is 12.0 Å². The van der Waals surface area contributed by atoms with Crippen LogP contribution in [0.1, 0.15) is 24.5 Å². The number of fused-ring (bicyclic) bond motifs is 3. The summed E-state index contributed by atoms with van der Waals surface area (Å²) < 4.78 is 6.03. The van der Waals surface area contributed by atoms with Gasteiger partial charge in [-0.3, -0.25) is 0 Å². The Labute approximate surface area is 119 Å². The molecule has 2 aliphatic rings. The van der Waals surface area contributed by atoms with Crippen LogP contribution in [-0.4, -0.2) is 17.8 Å². The molecule has 1 aromatic heterocycles. The van der Waals surface area contributed by atoms with Gasteiger partial charge in [0.25, 0.3) is 0 Å². The van der Waals surface area contributed by atoms with E-state index in [-0.39, 0.29) is 11.6 Å². The normalized spacial score (nSPS) is 27.4. The van der Waals surface area contributed by atoms with E-state index in [1.165, 1.54) is 11.1 Å². The van der Waals surface area contributed by atoms with E-state index in [2.05, 4.69) is 53.2 Å². The molecule has 0 amide bonds. The number of benzene rings is 1. The zero-order chi connectivity index (χ0) is 13.6. The Balaban J connectivity index is 1.76. The summed E-state index contributed by atoms with van der Waals surface area (Å²) >= 11 is 0. The minimum Gasteiger partial charge on any atom is -0.357 e. The van der Waals surface area contributed by atoms with E-state index in [1.807, 2.05) is 12.3 Å². The summed E-state index contributed by atoms with van der Waals surface area (Å²) in [6.45, 7) is 3.99. The van der Waals surface area contributed by atoms with Gasteiger partial charge in [-0.2, -0.15) is 0 Å². The average molecular weight is 266 g/mol. The number of ether oxygens (including phenoxy) is 1. The molecule has 0 N–H and O–H groups in total. The van der Waals surface area contributed by atoms with Crippen LogP contribution >= 0.6 is 0 Å². The molecule has 0 radical (unpaired) electrons. The first kappa shape index (κ1) is 11.9. The van der Waals surface area contributed by atoms with E-state index in [4.69, 9.17) is 4.74 Å². The van der Waals surface area contributed by atoms with Crippen molar-refractivity contribution >= 4 is 5.82 Å². The highest BCUT2D eigenvalue weighted by atomic mass is 16.5. The van der Waals surface area contributed by atoms with Crippen molar-refractivity contribution in [2.45, 2.75) is 31.5 Å². The van der Waals surface area contributed by atoms with E-state index in [0.717, 1.165) is 25.4 Å². The van der Waals surface area contributed by atoms with Crippen molar-refractivity contribution in [3.8, 4) is 0 Å². The van der Waals surface area contributed by atoms with Crippen molar-refractivity contribution in [3.63, 3.8) is 0 Å². The highest BCUT2D eigenvalue weighted by molar-refractivity contribution is 5.59. The molecule has 3 nitrogen and oxygen atoms in total. The SMILES string of the molecule is CC12CCOC1N(Cc1ccccc1)c1ncccc12. The third-order valence-electron chi connectivity index (χ3n) is 4.60. The zero-order valence-corrected chi connectivity index (χ0v) is 11.6. The second-order valence-corrected chi connectivity index (χ2v) is 5.88. The predicted octanol–water partition coefficient (Wildman–Crippen LogP) is 3.11. The van der Waals surface area contributed by atoms with Gasteiger partial charge in [0, 0.05) is 23.7 Å². The van der Waals surface area contributed by atoms with Gasteiger partial charge in [-0.15, -0.1) is 0 Å². The number of anilines is 1. The first-order valence-corrected chi connectivity index (χ1v) is 7.17. The summed E-state index contributed by atoms with van der Waals surface area (Å²) in [5.41, 5.74) is 2.71. The molecule has 0 saturated carbocycles. The fourth-order valence-corrected chi connectivity index (χ4v) is 3.51. The fourth-order valence-electron chi connectivity index (χ4n) is 3.51. The molecule has 2 unspecified atom stereocenters. The third-order valence-corrected chi connectivity index (χ3v) is 4.60. The zero-order valence-electron chi connectivity index (χ0n) is 11.6. The Morgan fingerprint density at radius 3 is 2.95 bits per heavy atom. The molecule has 3 heteroatoms. The maximum absolute atomic E-state index is 6.03. The highest BCUT2D eigenvalue weighted by Gasteiger charge is 2.52. The van der Waals surface area contributed by atoms with Crippen molar-refractivity contribution in [2.24, 2.45) is 0 Å². The lowest BCUT2D eigenvalue weighted by molar-refractivity contribution is 0.0865. The summed E-state index contributed by atoms with van der Waals surface area (Å²) in [7, 11) is 0. The summed E-state index contributed by atoms with van der Waals surface area (Å²) in [4.78, 5) is 6.93. The molecule has 0 spiro atoms. The predicted molar refractivity (Wildman–Crippen MR) is 78.6 cm³/mol. The molecule has 1 saturated heterocycles. The van der Waals surface area contributed by atoms with Gasteiger partial charge in [-0.05, 0) is 18.1 Å². The van der Waals surface area contributed by atoms with Gasteiger partial charge in [-0.25, -0.2) is 4.98 Å². The number of hydrogen-bond acceptors (Lipinski definition) is 3. The van der Waals surface area contributed by atoms with Crippen molar-refractivity contribution in [1.29, 1.82) is 0 Å². The Bertz CT molecular complexity index is 628. The van der Waals surface area contributed by atoms with Crippen LogP contribution in [0.4, 0.5) is 5.82 Å². The molecule has 4 rings (SSSR count). The van der Waals surface area contributed by atoms with E-state index in [1.54, 1.807) is 0 Å². The molecular weight excluding hydrogens is 248 g/mol. The minimum absolute atomic E-state index is 0.0817. The van der Waals surface area contributed by atoms with Crippen LogP contribution < -0.4 is 4.90 Å². The number of aromatic nitrogens is 1. The fraction of sp³-hybridized carbons (Fsp3) is 0.353. The van der Waals surface area contributed by atoms with Crippen molar-refractivity contribution < 1.29 is 4.74 Å². The highest BCUT2D eigenvalue weighted by Crippen LogP contribution is 2.50. The van der Waals surface area contributed by atoms with Gasteiger partial charge in [0.2, 0.25) is 0 Å². The Morgan fingerprint density at radius 1 is 1.25 bits per heavy atom. The van der Waals surface area contributed by atoms with Crippen LogP contribution in [0.5, 0.6) is 0 Å². The van der Waals surface area contributed by atoms with Crippen LogP contribution in [0.25, 0.3) is 0 Å². The number of nitrogens with zero attached hydrogens (tertiary/aromatic N) is 2. The molecule has 0 bridgehead atoms. The first-order valence-electron chi connectivity index (χ1n) is 7.17. The number of pyridine rings is 1. The summed E-state index contributed by atoms with van der Waals surface area (Å²) in [6, 6.07) is 14.8. The quantitative estimate of drug-likeness (QED) is 0.835. The number of rotatable bonds is 2. The maximum Gasteiger partial charge on any atom is 0.141 e. The molecule has 20 heavy (non-hydrogen) atoms. The van der Waals surface area contributed by atoms with E-state index in [0.29, 0.717) is 0 Å². The van der Waals surface area contributed by atoms with Gasteiger partial charge < -0.3 is 9.64 Å². The summed E-state index contributed by atoms with van der Waals surface area (Å²) in [6.07, 6.45) is 3.07. The average Bonchev–Trinajstić information content (AvgIpc) is 2.97. The van der Waals surface area contributed by atoms with Gasteiger partial charge in [0.05, 0.1) is 6.61 Å². The number of hydrogen-bond donors (Lipinski definition) is 0. The molecule has 1 aromatic carbocycles. The lowest BCUT2D eigenvalue weighted by atomic mass is 9.82. The van der Waals surface area contributed by atoms with Crippen LogP contribution in [0.15, 0.2) is 48.7 Å². The molecule has 102 valence electrons. The van der Waals surface area contributed by atoms with Crippen molar-refractivity contribution in [1.82, 2.24) is 4.98 Å². The molecular formula is C17H18N2O. The third kappa shape index (κ3) is 1.59. The van der Waals surface area contributed by atoms with Crippen LogP contribution in [0.2, 0.25) is 0 Å². The molecule has 2 atom stereocenters. The first-order chi connectivity index (χ1) is 9.79. The van der Waals surface area contributed by atoms with Crippen LogP contribution in [0.3, 0.4) is 0 Å². The molecule has 1 fully saturated rings. The Kier molecular flexibility index (Phi) is 2.57. The van der Waals surface area contributed by atoms with Gasteiger partial charge in [0.15, 0.2) is 0 Å². The maximum atomic E-state index is 6.03. The second-order valence-electron chi connectivity index (χ2n) is 5.88. The molecule has 2 aliphatic heterocycles. The minimum atomic E-state index is 0.0817. The second kappa shape index (κ2) is 4.32. The van der Waals surface area contributed by atoms with Crippen LogP contribution in [0, 0.1) is 0 Å². The van der Waals surface area contributed by atoms with Crippen molar-refractivity contribution in [3.05, 3.63) is 59.8 Å². The lowest BCUT2D eigenvalue weighted by Crippen LogP contribution is -2.39. The van der Waals surface area contributed by atoms with Gasteiger partial charge in [-0.1, -0.05) is 43.3 Å². The Morgan fingerprint density at radius 2 is 2.10 bits per heavy atom. The molecule has 0 aliphatic carbocycles. The summed E-state index contributed by atoms with van der Waals surface area (Å²) in [5.74, 6) is 1.09. The molecule has 2 aromatic rings. The smallest absolute Gasteiger partial charge is 0.141 e. The Hall–Kier alpha value is -1.87. The summed E-state index contributed by atoms with van der Waals surface area (Å²) in [5, 5.41) is 0. The standard InChI is InChI=1S/C17H18N2O/c1-17-9-11-20-16(17)19(12-13-6-3-2-4-7-13)15-14(17)8-5-10-18-15/h2-8,10,16H,9,11-12H2,1H3. The van der Waals surface area contributed by atoms with E-state index in [9.17, 15) is 0 Å². The lowest BCUT2D eigenvalue weighted by Gasteiger charge is -2.29. The monoisotopic (exact) mass is 266 g/mol. The van der Waals surface area contributed by atoms with E-state index < -0.39 is 0 Å². The molecule has 3 heterocycles. The van der Waals surface area contributed by atoms with Gasteiger partial charge >= 0.3 is 0 Å². The topological polar surface area (TPSA) is 25.4 Å². The van der Waals surface area contributed by atoms with E-state index >= 15 is 0 Å². The largest absolute Gasteiger partial charge is 0.357 e. The van der Waals surface area contributed by atoms with Crippen LogP contribution in [-0.2, 0) is 16.7 Å².